The first-order chi connectivity index (χ1) is 12.4. The molecular formula is C21H20IN3O. The molecule has 0 spiro atoms. The molecule has 0 aliphatic carbocycles. The lowest BCUT2D eigenvalue weighted by molar-refractivity contribution is 0.406. The molecule has 0 atom stereocenters. The number of nitriles is 1. The molecule has 0 saturated heterocycles. The molecule has 5 heteroatoms. The summed E-state index contributed by atoms with van der Waals surface area (Å²) in [5.74, 6) is 0.875. The second-order valence-corrected chi connectivity index (χ2v) is 7.55. The van der Waals surface area contributed by atoms with Crippen molar-refractivity contribution in [2.24, 2.45) is 0 Å². The van der Waals surface area contributed by atoms with Gasteiger partial charge in [0.2, 0.25) is 0 Å². The third kappa shape index (κ3) is 3.47. The first-order valence-corrected chi connectivity index (χ1v) is 9.40. The van der Waals surface area contributed by atoms with Gasteiger partial charge in [0.15, 0.2) is 0 Å². The minimum absolute atomic E-state index is 0.655. The molecule has 0 bridgehead atoms. The quantitative estimate of drug-likeness (QED) is 0.518. The molecule has 0 aliphatic heterocycles. The average molecular weight is 457 g/mol. The zero-order valence-corrected chi connectivity index (χ0v) is 17.5. The van der Waals surface area contributed by atoms with Crippen molar-refractivity contribution in [3.63, 3.8) is 0 Å². The molecule has 26 heavy (non-hydrogen) atoms. The molecule has 0 unspecified atom stereocenters. The van der Waals surface area contributed by atoms with Gasteiger partial charge in [-0.15, -0.1) is 0 Å². The van der Waals surface area contributed by atoms with Gasteiger partial charge in [0.05, 0.1) is 31.0 Å². The number of benzene rings is 2. The standard InChI is InChI=1S/C21H20IN3O/c1-13-9-16(5-6-17(13)11-23)21-14(2)24-25(15(21)3)12-18-7-8-19(22)10-20(18)26-4/h5-10H,12H2,1-4H3. The SMILES string of the molecule is COc1cc(I)ccc1Cn1nc(C)c(-c2ccc(C#N)c(C)c2)c1C. The van der Waals surface area contributed by atoms with Crippen molar-refractivity contribution < 1.29 is 4.74 Å². The van der Waals surface area contributed by atoms with Gasteiger partial charge in [0.1, 0.15) is 5.75 Å². The number of hydrogen-bond acceptors (Lipinski definition) is 3. The summed E-state index contributed by atoms with van der Waals surface area (Å²) in [5, 5.41) is 13.9. The summed E-state index contributed by atoms with van der Waals surface area (Å²) >= 11 is 2.28. The molecule has 0 fully saturated rings. The highest BCUT2D eigenvalue weighted by Gasteiger charge is 2.16. The number of aryl methyl sites for hydroxylation is 2. The lowest BCUT2D eigenvalue weighted by Gasteiger charge is -2.11. The third-order valence-electron chi connectivity index (χ3n) is 4.59. The summed E-state index contributed by atoms with van der Waals surface area (Å²) in [6.45, 7) is 6.73. The highest BCUT2D eigenvalue weighted by molar-refractivity contribution is 14.1. The van der Waals surface area contributed by atoms with E-state index in [-0.39, 0.29) is 0 Å². The van der Waals surface area contributed by atoms with Crippen molar-refractivity contribution in [1.29, 1.82) is 5.26 Å². The Labute approximate surface area is 167 Å². The van der Waals surface area contributed by atoms with Crippen LogP contribution in [-0.4, -0.2) is 16.9 Å². The van der Waals surface area contributed by atoms with Crippen LogP contribution in [0.4, 0.5) is 0 Å². The number of ether oxygens (including phenoxy) is 1. The van der Waals surface area contributed by atoms with E-state index >= 15 is 0 Å². The van der Waals surface area contributed by atoms with E-state index in [9.17, 15) is 0 Å². The second-order valence-electron chi connectivity index (χ2n) is 6.30. The Morgan fingerprint density at radius 1 is 1.15 bits per heavy atom. The second kappa shape index (κ2) is 7.50. The minimum atomic E-state index is 0.655. The molecule has 132 valence electrons. The Bertz CT molecular complexity index is 1010. The van der Waals surface area contributed by atoms with Crippen molar-refractivity contribution in [3.05, 3.63) is 68.0 Å². The van der Waals surface area contributed by atoms with Crippen molar-refractivity contribution in [3.8, 4) is 22.9 Å². The first kappa shape index (κ1) is 18.5. The van der Waals surface area contributed by atoms with Crippen LogP contribution in [0.3, 0.4) is 0 Å². The van der Waals surface area contributed by atoms with Crippen LogP contribution < -0.4 is 4.74 Å². The van der Waals surface area contributed by atoms with Gasteiger partial charge in [-0.25, -0.2) is 0 Å². The number of aromatic nitrogens is 2. The van der Waals surface area contributed by atoms with Gasteiger partial charge in [-0.2, -0.15) is 10.4 Å². The molecule has 1 aromatic heterocycles. The lowest BCUT2D eigenvalue weighted by atomic mass is 9.99. The van der Waals surface area contributed by atoms with E-state index in [1.54, 1.807) is 7.11 Å². The highest BCUT2D eigenvalue weighted by atomic mass is 127. The van der Waals surface area contributed by atoms with Crippen LogP contribution in [0.2, 0.25) is 0 Å². The summed E-state index contributed by atoms with van der Waals surface area (Å²) in [5.41, 5.74) is 7.10. The van der Waals surface area contributed by atoms with Crippen LogP contribution >= 0.6 is 22.6 Å². The Kier molecular flexibility index (Phi) is 5.33. The van der Waals surface area contributed by atoms with Gasteiger partial charge < -0.3 is 4.74 Å². The van der Waals surface area contributed by atoms with E-state index in [2.05, 4.69) is 53.8 Å². The molecule has 0 radical (unpaired) electrons. The van der Waals surface area contributed by atoms with Crippen LogP contribution in [-0.2, 0) is 6.54 Å². The fraction of sp³-hybridized carbons (Fsp3) is 0.238. The maximum Gasteiger partial charge on any atom is 0.124 e. The minimum Gasteiger partial charge on any atom is -0.496 e. The molecule has 0 amide bonds. The van der Waals surface area contributed by atoms with Crippen LogP contribution in [0.25, 0.3) is 11.1 Å². The van der Waals surface area contributed by atoms with Gasteiger partial charge in [-0.1, -0.05) is 12.1 Å². The predicted molar refractivity (Wildman–Crippen MR) is 111 cm³/mol. The summed E-state index contributed by atoms with van der Waals surface area (Å²) in [6, 6.07) is 14.4. The van der Waals surface area contributed by atoms with Crippen molar-refractivity contribution in [2.45, 2.75) is 27.3 Å². The maximum atomic E-state index is 9.15. The smallest absolute Gasteiger partial charge is 0.124 e. The lowest BCUT2D eigenvalue weighted by Crippen LogP contribution is -2.06. The van der Waals surface area contributed by atoms with Crippen LogP contribution in [0, 0.1) is 35.7 Å². The zero-order chi connectivity index (χ0) is 18.8. The maximum absolute atomic E-state index is 9.15. The Morgan fingerprint density at radius 3 is 2.58 bits per heavy atom. The molecular weight excluding hydrogens is 437 g/mol. The summed E-state index contributed by atoms with van der Waals surface area (Å²) in [7, 11) is 1.70. The van der Waals surface area contributed by atoms with E-state index < -0.39 is 0 Å². The Hall–Kier alpha value is -2.33. The normalized spacial score (nSPS) is 10.6. The summed E-state index contributed by atoms with van der Waals surface area (Å²) in [4.78, 5) is 0. The van der Waals surface area contributed by atoms with Crippen molar-refractivity contribution in [2.75, 3.05) is 7.11 Å². The Morgan fingerprint density at radius 2 is 1.92 bits per heavy atom. The molecule has 1 heterocycles. The van der Waals surface area contributed by atoms with Gasteiger partial charge in [-0.3, -0.25) is 4.68 Å². The van der Waals surface area contributed by atoms with Crippen molar-refractivity contribution >= 4 is 22.6 Å². The molecule has 4 nitrogen and oxygen atoms in total. The van der Waals surface area contributed by atoms with Gasteiger partial charge in [0, 0.05) is 20.4 Å². The molecule has 3 rings (SSSR count). The average Bonchev–Trinajstić information content (AvgIpc) is 2.90. The highest BCUT2D eigenvalue weighted by Crippen LogP contribution is 2.30. The molecule has 3 aromatic rings. The Balaban J connectivity index is 2.02. The van der Waals surface area contributed by atoms with Gasteiger partial charge >= 0.3 is 0 Å². The third-order valence-corrected chi connectivity index (χ3v) is 5.26. The molecule has 0 aliphatic rings. The zero-order valence-electron chi connectivity index (χ0n) is 15.3. The van der Waals surface area contributed by atoms with E-state index in [0.717, 1.165) is 43.0 Å². The van der Waals surface area contributed by atoms with Crippen LogP contribution in [0.5, 0.6) is 5.75 Å². The molecule has 2 aromatic carbocycles. The van der Waals surface area contributed by atoms with E-state index in [4.69, 9.17) is 15.1 Å². The fourth-order valence-corrected chi connectivity index (χ4v) is 3.69. The predicted octanol–water partition coefficient (Wildman–Crippen LogP) is 5.01. The van der Waals surface area contributed by atoms with E-state index in [1.807, 2.05) is 36.7 Å². The topological polar surface area (TPSA) is 50.8 Å². The van der Waals surface area contributed by atoms with E-state index in [1.165, 1.54) is 0 Å². The number of nitrogens with zero attached hydrogens (tertiary/aromatic N) is 3. The van der Waals surface area contributed by atoms with Gasteiger partial charge in [0.25, 0.3) is 0 Å². The summed E-state index contributed by atoms with van der Waals surface area (Å²) < 4.78 is 8.69. The van der Waals surface area contributed by atoms with E-state index in [0.29, 0.717) is 12.1 Å². The summed E-state index contributed by atoms with van der Waals surface area (Å²) in [6.07, 6.45) is 0. The molecule has 0 saturated carbocycles. The fourth-order valence-electron chi connectivity index (χ4n) is 3.22. The monoisotopic (exact) mass is 457 g/mol. The first-order valence-electron chi connectivity index (χ1n) is 8.32. The van der Waals surface area contributed by atoms with Crippen LogP contribution in [0.1, 0.15) is 28.1 Å². The number of halogens is 1. The number of methoxy groups -OCH3 is 1. The number of hydrogen-bond donors (Lipinski definition) is 0. The van der Waals surface area contributed by atoms with Crippen LogP contribution in [0.15, 0.2) is 36.4 Å². The molecule has 0 N–H and O–H groups in total. The van der Waals surface area contributed by atoms with Crippen molar-refractivity contribution in [1.82, 2.24) is 9.78 Å². The number of rotatable bonds is 4. The largest absolute Gasteiger partial charge is 0.496 e. The van der Waals surface area contributed by atoms with Gasteiger partial charge in [-0.05, 0) is 78.8 Å².